The van der Waals surface area contributed by atoms with Crippen molar-refractivity contribution in [3.63, 3.8) is 0 Å². The Bertz CT molecular complexity index is 967. The number of quaternary nitrogens is 1. The molecule has 8 heteroatoms. The number of hydrogen-bond acceptors (Lipinski definition) is 6. The number of unbranched alkanes of at least 4 members (excludes halogenated alkanes) is 10. The third kappa shape index (κ3) is 11.1. The second-order valence-corrected chi connectivity index (χ2v) is 10.6. The minimum Gasteiger partial charge on any atom is -0.371 e. The number of amides is 1. The highest BCUT2D eigenvalue weighted by atomic mass is 32.1. The van der Waals surface area contributed by atoms with Crippen molar-refractivity contribution in [2.24, 2.45) is 0 Å². The summed E-state index contributed by atoms with van der Waals surface area (Å²) in [5, 5.41) is 13.1. The number of nitrogens with zero attached hydrogens (tertiary/aromatic N) is 3. The molecule has 1 aromatic carbocycles. The van der Waals surface area contributed by atoms with Gasteiger partial charge in [0.15, 0.2) is 10.7 Å². The lowest BCUT2D eigenvalue weighted by Crippen LogP contribution is -2.82. The van der Waals surface area contributed by atoms with Crippen LogP contribution in [0.3, 0.4) is 0 Å². The SMILES string of the molecule is CCCCCCCCN(CCCCCCCC)c1ccc([NH2+]Nc2snc(C)c2C#N)c(NC(C)=O)c1. The zero-order valence-electron chi connectivity index (χ0n) is 23.4. The smallest absolute Gasteiger partial charge is 0.221 e. The van der Waals surface area contributed by atoms with Crippen molar-refractivity contribution < 1.29 is 10.2 Å². The van der Waals surface area contributed by atoms with E-state index in [9.17, 15) is 10.1 Å². The van der Waals surface area contributed by atoms with Crippen LogP contribution in [0.15, 0.2) is 18.2 Å². The van der Waals surface area contributed by atoms with Crippen LogP contribution in [-0.4, -0.2) is 23.4 Å². The van der Waals surface area contributed by atoms with Crippen LogP contribution in [0.25, 0.3) is 0 Å². The average molecular weight is 528 g/mol. The first-order chi connectivity index (χ1) is 18.0. The minimum absolute atomic E-state index is 0.100. The molecule has 0 unspecified atom stereocenters. The molecular formula is C29H47N6OS+. The molecule has 204 valence electrons. The molecule has 0 atom stereocenters. The fraction of sp³-hybridized carbons (Fsp3) is 0.621. The number of carbonyl (C=O) groups is 1. The molecule has 0 radical (unpaired) electrons. The van der Waals surface area contributed by atoms with Gasteiger partial charge in [0.1, 0.15) is 17.3 Å². The predicted molar refractivity (Wildman–Crippen MR) is 156 cm³/mol. The predicted octanol–water partition coefficient (Wildman–Crippen LogP) is 7.03. The lowest BCUT2D eigenvalue weighted by atomic mass is 10.1. The van der Waals surface area contributed by atoms with E-state index in [0.29, 0.717) is 10.6 Å². The van der Waals surface area contributed by atoms with Crippen LogP contribution in [-0.2, 0) is 4.79 Å². The van der Waals surface area contributed by atoms with Crippen molar-refractivity contribution in [3.05, 3.63) is 29.5 Å². The van der Waals surface area contributed by atoms with Gasteiger partial charge in [-0.3, -0.25) is 4.79 Å². The number of nitrogens with two attached hydrogens (primary N) is 1. The number of nitriles is 1. The van der Waals surface area contributed by atoms with Gasteiger partial charge in [0, 0.05) is 31.8 Å². The maximum Gasteiger partial charge on any atom is 0.221 e. The van der Waals surface area contributed by atoms with E-state index in [4.69, 9.17) is 0 Å². The molecule has 1 amide bonds. The first-order valence-electron chi connectivity index (χ1n) is 14.1. The second kappa shape index (κ2) is 17.8. The first-order valence-corrected chi connectivity index (χ1v) is 14.9. The Morgan fingerprint density at radius 3 is 2.16 bits per heavy atom. The third-order valence-electron chi connectivity index (χ3n) is 6.61. The van der Waals surface area contributed by atoms with Gasteiger partial charge >= 0.3 is 0 Å². The molecule has 0 spiro atoms. The number of carbonyl (C=O) groups excluding carboxylic acids is 1. The van der Waals surface area contributed by atoms with Crippen LogP contribution >= 0.6 is 11.5 Å². The number of hydrogen-bond donors (Lipinski definition) is 3. The molecule has 2 aromatic rings. The van der Waals surface area contributed by atoms with E-state index in [2.05, 4.69) is 52.1 Å². The summed E-state index contributed by atoms with van der Waals surface area (Å²) in [6.07, 6.45) is 15.3. The maximum atomic E-state index is 12.0. The van der Waals surface area contributed by atoms with Crippen molar-refractivity contribution >= 4 is 39.5 Å². The third-order valence-corrected chi connectivity index (χ3v) is 7.48. The Hall–Kier alpha value is -2.63. The fourth-order valence-corrected chi connectivity index (χ4v) is 5.16. The fourth-order valence-electron chi connectivity index (χ4n) is 4.44. The van der Waals surface area contributed by atoms with E-state index < -0.39 is 0 Å². The molecule has 0 aliphatic carbocycles. The number of benzene rings is 1. The van der Waals surface area contributed by atoms with Gasteiger partial charge in [-0.05, 0) is 43.4 Å². The molecule has 0 fully saturated rings. The molecular weight excluding hydrogens is 480 g/mol. The Balaban J connectivity index is 2.12. The van der Waals surface area contributed by atoms with Gasteiger partial charge in [-0.15, -0.1) is 0 Å². The van der Waals surface area contributed by atoms with Gasteiger partial charge in [-0.2, -0.15) is 9.64 Å². The molecule has 37 heavy (non-hydrogen) atoms. The normalized spacial score (nSPS) is 10.8. The van der Waals surface area contributed by atoms with Crippen LogP contribution in [0, 0.1) is 18.3 Å². The number of aryl methyl sites for hydroxylation is 1. The molecule has 1 aromatic heterocycles. The maximum absolute atomic E-state index is 12.0. The molecule has 0 saturated heterocycles. The van der Waals surface area contributed by atoms with Crippen molar-refractivity contribution in [2.45, 2.75) is 105 Å². The van der Waals surface area contributed by atoms with Gasteiger partial charge in [-0.25, -0.2) is 10.9 Å². The van der Waals surface area contributed by atoms with E-state index in [1.807, 2.05) is 18.4 Å². The van der Waals surface area contributed by atoms with Gasteiger partial charge in [-0.1, -0.05) is 78.1 Å². The number of nitrogen functional groups attached to an aromatic ring is 1. The molecule has 2 rings (SSSR count). The Labute approximate surface area is 228 Å². The van der Waals surface area contributed by atoms with Gasteiger partial charge in [0.2, 0.25) is 5.91 Å². The molecule has 1 heterocycles. The van der Waals surface area contributed by atoms with Crippen LogP contribution in [0.4, 0.5) is 22.1 Å². The zero-order valence-corrected chi connectivity index (χ0v) is 24.2. The van der Waals surface area contributed by atoms with Crippen molar-refractivity contribution in [1.82, 2.24) is 4.37 Å². The monoisotopic (exact) mass is 527 g/mol. The zero-order chi connectivity index (χ0) is 26.9. The van der Waals surface area contributed by atoms with Gasteiger partial charge in [0.05, 0.1) is 5.69 Å². The summed E-state index contributed by atoms with van der Waals surface area (Å²) < 4.78 is 4.27. The van der Waals surface area contributed by atoms with Gasteiger partial charge in [0.25, 0.3) is 0 Å². The summed E-state index contributed by atoms with van der Waals surface area (Å²) in [5.74, 6) is -0.100. The summed E-state index contributed by atoms with van der Waals surface area (Å²) in [7, 11) is 0. The quantitative estimate of drug-likeness (QED) is 0.0788. The summed E-state index contributed by atoms with van der Waals surface area (Å²) in [6, 6.07) is 8.49. The minimum atomic E-state index is -0.100. The Morgan fingerprint density at radius 2 is 1.59 bits per heavy atom. The highest BCUT2D eigenvalue weighted by Gasteiger charge is 2.16. The molecule has 0 saturated carbocycles. The van der Waals surface area contributed by atoms with E-state index in [1.54, 1.807) is 0 Å². The largest absolute Gasteiger partial charge is 0.371 e. The van der Waals surface area contributed by atoms with Crippen LogP contribution in [0.1, 0.15) is 109 Å². The van der Waals surface area contributed by atoms with E-state index in [-0.39, 0.29) is 5.91 Å². The standard InChI is InChI=1S/C29H46N6OS/c1-5-7-9-11-13-15-19-35(20-16-14-12-10-8-6-2)25-17-18-27(28(21-25)31-24(4)36)32-33-29-26(22-30)23(3)34-37-29/h17-18,21,32-33H,5-16,19-20H2,1-4H3,(H,31,36)/p+1. The number of rotatable bonds is 19. The molecule has 4 N–H and O–H groups in total. The highest BCUT2D eigenvalue weighted by molar-refractivity contribution is 7.10. The van der Waals surface area contributed by atoms with Crippen molar-refractivity contribution in [1.29, 1.82) is 5.26 Å². The topological polar surface area (TPSA) is 97.7 Å². The summed E-state index contributed by atoms with van der Waals surface area (Å²) in [6.45, 7) is 9.95. The lowest BCUT2D eigenvalue weighted by molar-refractivity contribution is -0.537. The van der Waals surface area contributed by atoms with Crippen molar-refractivity contribution in [2.75, 3.05) is 28.7 Å². The van der Waals surface area contributed by atoms with E-state index in [0.717, 1.165) is 35.8 Å². The Morgan fingerprint density at radius 1 is 1.00 bits per heavy atom. The molecule has 0 aliphatic heterocycles. The number of aromatic nitrogens is 1. The van der Waals surface area contributed by atoms with E-state index in [1.165, 1.54) is 95.5 Å². The molecule has 0 aliphatic rings. The lowest BCUT2D eigenvalue weighted by Gasteiger charge is -2.26. The molecule has 0 bridgehead atoms. The summed E-state index contributed by atoms with van der Waals surface area (Å²) in [4.78, 5) is 14.5. The summed E-state index contributed by atoms with van der Waals surface area (Å²) in [5.41, 5.74) is 9.14. The average Bonchev–Trinajstić information content (AvgIpc) is 3.24. The first kappa shape index (κ1) is 30.6. The molecule has 7 nitrogen and oxygen atoms in total. The highest BCUT2D eigenvalue weighted by Crippen LogP contribution is 2.27. The van der Waals surface area contributed by atoms with Gasteiger partial charge < -0.3 is 10.2 Å². The van der Waals surface area contributed by atoms with Crippen LogP contribution in [0.5, 0.6) is 0 Å². The van der Waals surface area contributed by atoms with Crippen LogP contribution in [0.2, 0.25) is 0 Å². The number of anilines is 3. The Kier molecular flexibility index (Phi) is 14.7. The van der Waals surface area contributed by atoms with Crippen LogP contribution < -0.4 is 21.1 Å². The van der Waals surface area contributed by atoms with Crippen molar-refractivity contribution in [3.8, 4) is 6.07 Å². The number of nitrogens with one attached hydrogen (secondary N) is 2. The summed E-state index contributed by atoms with van der Waals surface area (Å²) >= 11 is 1.27. The van der Waals surface area contributed by atoms with E-state index >= 15 is 0 Å². The second-order valence-electron chi connectivity index (χ2n) is 9.85.